The monoisotopic (exact) mass is 218 g/mol. The van der Waals surface area contributed by atoms with E-state index in [1.165, 1.54) is 6.92 Å². The van der Waals surface area contributed by atoms with Crippen LogP contribution in [0, 0.1) is 0 Å². The Morgan fingerprint density at radius 3 is 2.93 bits per heavy atom. The fraction of sp³-hybridized carbons (Fsp3) is 0.667. The summed E-state index contributed by atoms with van der Waals surface area (Å²) in [6.07, 6.45) is -0.465. The quantitative estimate of drug-likeness (QED) is 0.291. The van der Waals surface area contributed by atoms with Crippen molar-refractivity contribution in [1.29, 1.82) is 0 Å². The zero-order valence-electron chi connectivity index (χ0n) is 8.20. The molecule has 0 spiro atoms. The van der Waals surface area contributed by atoms with Gasteiger partial charge in [0.15, 0.2) is 0 Å². The van der Waals surface area contributed by atoms with Crippen LogP contribution in [0.15, 0.2) is 0 Å². The van der Waals surface area contributed by atoms with Crippen LogP contribution < -0.4 is 0 Å². The molecule has 0 aromatic rings. The second kappa shape index (κ2) is 4.37. The summed E-state index contributed by atoms with van der Waals surface area (Å²) in [5, 5.41) is 0. The highest BCUT2D eigenvalue weighted by Gasteiger charge is 2.56. The maximum Gasteiger partial charge on any atom is 0.356 e. The van der Waals surface area contributed by atoms with Crippen LogP contribution in [-0.2, 0) is 23.9 Å². The van der Waals surface area contributed by atoms with E-state index in [4.69, 9.17) is 0 Å². The van der Waals surface area contributed by atoms with Crippen LogP contribution in [0.4, 0.5) is 4.39 Å². The zero-order chi connectivity index (χ0) is 11.5. The average molecular weight is 218 g/mol. The van der Waals surface area contributed by atoms with Crippen LogP contribution in [0.2, 0.25) is 0 Å². The van der Waals surface area contributed by atoms with Crippen LogP contribution in [0.5, 0.6) is 0 Å². The van der Waals surface area contributed by atoms with Crippen LogP contribution in [0.3, 0.4) is 0 Å². The number of carbonyl (C=O) groups excluding carboxylic acids is 3. The lowest BCUT2D eigenvalue weighted by atomic mass is 10.0. The highest BCUT2D eigenvalue weighted by Crippen LogP contribution is 2.30. The summed E-state index contributed by atoms with van der Waals surface area (Å²) in [5.41, 5.74) is -2.71. The molecule has 1 saturated heterocycles. The van der Waals surface area contributed by atoms with Crippen molar-refractivity contribution in [3.8, 4) is 0 Å². The number of alkyl halides is 1. The van der Waals surface area contributed by atoms with Crippen molar-refractivity contribution in [2.45, 2.75) is 31.5 Å². The number of cyclic esters (lactones) is 1. The van der Waals surface area contributed by atoms with E-state index in [1.54, 1.807) is 0 Å². The predicted octanol–water partition coefficient (Wildman–Crippen LogP) is 0.162. The van der Waals surface area contributed by atoms with E-state index < -0.39 is 23.7 Å². The van der Waals surface area contributed by atoms with Crippen molar-refractivity contribution in [2.75, 3.05) is 6.61 Å². The highest BCUT2D eigenvalue weighted by molar-refractivity contribution is 6.04. The third-order valence-electron chi connectivity index (χ3n) is 1.99. The Labute approximate surface area is 85.5 Å². The molecule has 1 heterocycles. The van der Waals surface area contributed by atoms with Gasteiger partial charge in [-0.1, -0.05) is 0 Å². The molecule has 0 aliphatic carbocycles. The van der Waals surface area contributed by atoms with E-state index >= 15 is 0 Å². The minimum Gasteiger partial charge on any atom is -0.462 e. The second-order valence-electron chi connectivity index (χ2n) is 3.31. The predicted molar refractivity (Wildman–Crippen MR) is 45.7 cm³/mol. The molecule has 0 bridgehead atoms. The molecule has 0 amide bonds. The third kappa shape index (κ3) is 2.31. The van der Waals surface area contributed by atoms with Gasteiger partial charge in [0.05, 0.1) is 6.61 Å². The lowest BCUT2D eigenvalue weighted by Crippen LogP contribution is -2.40. The first kappa shape index (κ1) is 11.6. The summed E-state index contributed by atoms with van der Waals surface area (Å²) in [4.78, 5) is 32.1. The molecule has 2 atom stereocenters. The molecule has 6 heteroatoms. The second-order valence-corrected chi connectivity index (χ2v) is 3.31. The van der Waals surface area contributed by atoms with Crippen molar-refractivity contribution in [1.82, 2.24) is 0 Å². The first-order chi connectivity index (χ1) is 7.00. The lowest BCUT2D eigenvalue weighted by Gasteiger charge is -2.12. The van der Waals surface area contributed by atoms with E-state index in [0.29, 0.717) is 6.29 Å². The first-order valence-corrected chi connectivity index (χ1v) is 4.51. The van der Waals surface area contributed by atoms with Gasteiger partial charge in [0, 0.05) is 12.8 Å². The Bertz CT molecular complexity index is 290. The van der Waals surface area contributed by atoms with Gasteiger partial charge in [0.2, 0.25) is 0 Å². The Morgan fingerprint density at radius 2 is 2.47 bits per heavy atom. The summed E-state index contributed by atoms with van der Waals surface area (Å²) >= 11 is 0. The minimum atomic E-state index is -2.71. The number of esters is 2. The van der Waals surface area contributed by atoms with Gasteiger partial charge in [0.1, 0.15) is 12.4 Å². The third-order valence-corrected chi connectivity index (χ3v) is 1.99. The standard InChI is InChI=1S/C9H11FO5/c1-6-5-9(10,8(13)15-6)7(12)14-4-2-3-11/h3,6H,2,4-5H2,1H3. The molecule has 0 saturated carbocycles. The number of hydrogen-bond donors (Lipinski definition) is 0. The van der Waals surface area contributed by atoms with E-state index in [0.717, 1.165) is 0 Å². The molecule has 1 fully saturated rings. The number of rotatable bonds is 4. The van der Waals surface area contributed by atoms with E-state index in [1.807, 2.05) is 0 Å². The summed E-state index contributed by atoms with van der Waals surface area (Å²) in [7, 11) is 0. The topological polar surface area (TPSA) is 69.7 Å². The summed E-state index contributed by atoms with van der Waals surface area (Å²) in [6, 6.07) is 0. The normalized spacial score (nSPS) is 29.7. The largest absolute Gasteiger partial charge is 0.462 e. The molecule has 5 nitrogen and oxygen atoms in total. The summed E-state index contributed by atoms with van der Waals surface area (Å²) < 4.78 is 22.7. The van der Waals surface area contributed by atoms with Crippen molar-refractivity contribution in [3.05, 3.63) is 0 Å². The number of aldehydes is 1. The number of carbonyl (C=O) groups is 3. The molecular formula is C9H11FO5. The van der Waals surface area contributed by atoms with Gasteiger partial charge in [-0.05, 0) is 6.92 Å². The van der Waals surface area contributed by atoms with E-state index in [9.17, 15) is 18.8 Å². The molecule has 84 valence electrons. The minimum absolute atomic E-state index is 0.0214. The first-order valence-electron chi connectivity index (χ1n) is 4.51. The molecule has 1 aliphatic heterocycles. The summed E-state index contributed by atoms with van der Waals surface area (Å²) in [5.74, 6) is -2.50. The molecular weight excluding hydrogens is 207 g/mol. The Hall–Kier alpha value is -1.46. The lowest BCUT2D eigenvalue weighted by molar-refractivity contribution is -0.167. The average Bonchev–Trinajstić information content (AvgIpc) is 2.42. The Balaban J connectivity index is 2.57. The Kier molecular flexibility index (Phi) is 3.39. The highest BCUT2D eigenvalue weighted by atomic mass is 19.1. The number of hydrogen-bond acceptors (Lipinski definition) is 5. The molecule has 1 aliphatic rings. The van der Waals surface area contributed by atoms with Crippen LogP contribution in [-0.4, -0.2) is 36.6 Å². The Morgan fingerprint density at radius 1 is 1.80 bits per heavy atom. The molecule has 0 N–H and O–H groups in total. The van der Waals surface area contributed by atoms with Gasteiger partial charge in [0.25, 0.3) is 0 Å². The molecule has 0 radical (unpaired) electrons. The molecule has 0 aromatic carbocycles. The molecule has 0 aromatic heterocycles. The van der Waals surface area contributed by atoms with E-state index in [2.05, 4.69) is 9.47 Å². The van der Waals surface area contributed by atoms with Crippen molar-refractivity contribution >= 4 is 18.2 Å². The maximum absolute atomic E-state index is 13.7. The molecule has 2 unspecified atom stereocenters. The molecule has 1 rings (SSSR count). The van der Waals surface area contributed by atoms with Gasteiger partial charge in [-0.25, -0.2) is 14.0 Å². The van der Waals surface area contributed by atoms with Gasteiger partial charge in [-0.2, -0.15) is 0 Å². The zero-order valence-corrected chi connectivity index (χ0v) is 8.20. The van der Waals surface area contributed by atoms with Crippen LogP contribution in [0.25, 0.3) is 0 Å². The van der Waals surface area contributed by atoms with Crippen LogP contribution in [0.1, 0.15) is 19.8 Å². The SMILES string of the molecule is CC1CC(F)(C(=O)OCCC=O)C(=O)O1. The van der Waals surface area contributed by atoms with Crippen molar-refractivity contribution in [3.63, 3.8) is 0 Å². The summed E-state index contributed by atoms with van der Waals surface area (Å²) in [6.45, 7) is 1.26. The number of halogens is 1. The molecule has 15 heavy (non-hydrogen) atoms. The van der Waals surface area contributed by atoms with Gasteiger partial charge in [-0.3, -0.25) is 0 Å². The number of ether oxygens (including phenoxy) is 2. The fourth-order valence-corrected chi connectivity index (χ4v) is 1.28. The van der Waals surface area contributed by atoms with Gasteiger partial charge >= 0.3 is 17.6 Å². The van der Waals surface area contributed by atoms with Gasteiger partial charge < -0.3 is 14.3 Å². The van der Waals surface area contributed by atoms with E-state index in [-0.39, 0.29) is 19.4 Å². The smallest absolute Gasteiger partial charge is 0.356 e. The van der Waals surface area contributed by atoms with Crippen molar-refractivity contribution in [2.24, 2.45) is 0 Å². The van der Waals surface area contributed by atoms with Crippen LogP contribution >= 0.6 is 0 Å². The van der Waals surface area contributed by atoms with Gasteiger partial charge in [-0.15, -0.1) is 0 Å². The fourth-order valence-electron chi connectivity index (χ4n) is 1.28. The maximum atomic E-state index is 13.7. The van der Waals surface area contributed by atoms with Crippen molar-refractivity contribution < 1.29 is 28.2 Å².